The number of hydrogen-bond donors (Lipinski definition) is 0. The standard InChI is InChI=1S/C19H33N3O2/c1-5-19(4,6-2)18(24)22-14-12-20(13-15-22)16(3)17(23)21-10-8-7-9-11-21/h5,16H,1,6-15H2,2-4H3/t16-,19+/m0/s1. The molecule has 5 heteroatoms. The minimum absolute atomic E-state index is 0.0858. The number of likely N-dealkylation sites (tertiary alicyclic amines) is 1. The Balaban J connectivity index is 1.88. The molecule has 2 rings (SSSR count). The number of amides is 2. The fourth-order valence-electron chi connectivity index (χ4n) is 3.59. The molecule has 0 aliphatic carbocycles. The lowest BCUT2D eigenvalue weighted by molar-refractivity contribution is -0.143. The highest BCUT2D eigenvalue weighted by molar-refractivity contribution is 5.84. The Hall–Kier alpha value is -1.36. The molecule has 0 spiro atoms. The Labute approximate surface area is 146 Å². The van der Waals surface area contributed by atoms with E-state index in [1.165, 1.54) is 6.42 Å². The second-order valence-corrected chi connectivity index (χ2v) is 7.37. The van der Waals surface area contributed by atoms with Crippen molar-refractivity contribution in [3.8, 4) is 0 Å². The van der Waals surface area contributed by atoms with Gasteiger partial charge in [-0.25, -0.2) is 0 Å². The van der Waals surface area contributed by atoms with E-state index >= 15 is 0 Å². The van der Waals surface area contributed by atoms with Crippen molar-refractivity contribution in [1.82, 2.24) is 14.7 Å². The molecule has 136 valence electrons. The van der Waals surface area contributed by atoms with Gasteiger partial charge in [0.05, 0.1) is 11.5 Å². The maximum atomic E-state index is 12.7. The summed E-state index contributed by atoms with van der Waals surface area (Å²) in [5, 5.41) is 0. The summed E-state index contributed by atoms with van der Waals surface area (Å²) in [5.74, 6) is 0.411. The Morgan fingerprint density at radius 1 is 1.04 bits per heavy atom. The monoisotopic (exact) mass is 335 g/mol. The molecule has 2 saturated heterocycles. The predicted octanol–water partition coefficient (Wildman–Crippen LogP) is 2.13. The average Bonchev–Trinajstić information content (AvgIpc) is 2.66. The van der Waals surface area contributed by atoms with E-state index in [0.717, 1.165) is 45.4 Å². The molecule has 2 aliphatic heterocycles. The van der Waals surface area contributed by atoms with Gasteiger partial charge in [0.2, 0.25) is 11.8 Å². The minimum Gasteiger partial charge on any atom is -0.341 e. The van der Waals surface area contributed by atoms with Gasteiger partial charge in [-0.1, -0.05) is 13.0 Å². The maximum absolute atomic E-state index is 12.7. The molecule has 2 atom stereocenters. The van der Waals surface area contributed by atoms with Gasteiger partial charge in [-0.15, -0.1) is 6.58 Å². The highest BCUT2D eigenvalue weighted by atomic mass is 16.2. The molecule has 0 unspecified atom stereocenters. The van der Waals surface area contributed by atoms with Crippen molar-refractivity contribution < 1.29 is 9.59 Å². The Morgan fingerprint density at radius 2 is 1.62 bits per heavy atom. The third-order valence-electron chi connectivity index (χ3n) is 5.85. The van der Waals surface area contributed by atoms with Crippen LogP contribution in [0.1, 0.15) is 46.5 Å². The van der Waals surface area contributed by atoms with Gasteiger partial charge < -0.3 is 9.80 Å². The number of piperazine rings is 1. The second kappa shape index (κ2) is 8.15. The van der Waals surface area contributed by atoms with Crippen LogP contribution >= 0.6 is 0 Å². The van der Waals surface area contributed by atoms with Crippen molar-refractivity contribution in [2.45, 2.75) is 52.5 Å². The molecule has 0 bridgehead atoms. The predicted molar refractivity (Wildman–Crippen MR) is 96.6 cm³/mol. The van der Waals surface area contributed by atoms with Crippen LogP contribution in [-0.4, -0.2) is 71.8 Å². The van der Waals surface area contributed by atoms with Crippen LogP contribution in [0, 0.1) is 5.41 Å². The molecular weight excluding hydrogens is 302 g/mol. The Kier molecular flexibility index (Phi) is 6.44. The lowest BCUT2D eigenvalue weighted by Gasteiger charge is -2.41. The van der Waals surface area contributed by atoms with Gasteiger partial charge in [0, 0.05) is 39.3 Å². The smallest absolute Gasteiger partial charge is 0.239 e. The second-order valence-electron chi connectivity index (χ2n) is 7.37. The summed E-state index contributed by atoms with van der Waals surface area (Å²) >= 11 is 0. The summed E-state index contributed by atoms with van der Waals surface area (Å²) in [6, 6.07) is -0.0858. The van der Waals surface area contributed by atoms with Crippen molar-refractivity contribution in [2.24, 2.45) is 5.41 Å². The van der Waals surface area contributed by atoms with E-state index in [4.69, 9.17) is 0 Å². The Morgan fingerprint density at radius 3 is 2.12 bits per heavy atom. The van der Waals surface area contributed by atoms with E-state index < -0.39 is 5.41 Å². The lowest BCUT2D eigenvalue weighted by Crippen LogP contribution is -2.57. The molecular formula is C19H33N3O2. The number of piperidine rings is 1. The van der Waals surface area contributed by atoms with Crippen LogP contribution in [0.2, 0.25) is 0 Å². The molecule has 5 nitrogen and oxygen atoms in total. The van der Waals surface area contributed by atoms with Crippen LogP contribution in [-0.2, 0) is 9.59 Å². The van der Waals surface area contributed by atoms with Crippen LogP contribution in [0.3, 0.4) is 0 Å². The summed E-state index contributed by atoms with van der Waals surface area (Å²) in [6.45, 7) is 14.5. The molecule has 0 aromatic rings. The zero-order valence-corrected chi connectivity index (χ0v) is 15.6. The van der Waals surface area contributed by atoms with Gasteiger partial charge in [-0.3, -0.25) is 14.5 Å². The number of nitrogens with zero attached hydrogens (tertiary/aromatic N) is 3. The molecule has 2 heterocycles. The van der Waals surface area contributed by atoms with E-state index in [1.54, 1.807) is 6.08 Å². The fourth-order valence-corrected chi connectivity index (χ4v) is 3.59. The van der Waals surface area contributed by atoms with Crippen molar-refractivity contribution in [1.29, 1.82) is 0 Å². The normalized spacial score (nSPS) is 23.5. The first-order valence-electron chi connectivity index (χ1n) is 9.38. The van der Waals surface area contributed by atoms with Crippen LogP contribution in [0.15, 0.2) is 12.7 Å². The highest BCUT2D eigenvalue weighted by Crippen LogP contribution is 2.26. The molecule has 2 amide bonds. The van der Waals surface area contributed by atoms with Gasteiger partial charge in [-0.05, 0) is 39.5 Å². The van der Waals surface area contributed by atoms with Crippen LogP contribution in [0.25, 0.3) is 0 Å². The molecule has 0 saturated carbocycles. The molecule has 2 aliphatic rings. The molecule has 0 aromatic carbocycles. The number of carbonyl (C=O) groups is 2. The number of rotatable bonds is 5. The minimum atomic E-state index is -0.475. The van der Waals surface area contributed by atoms with E-state index in [9.17, 15) is 9.59 Å². The van der Waals surface area contributed by atoms with E-state index in [-0.39, 0.29) is 17.9 Å². The summed E-state index contributed by atoms with van der Waals surface area (Å²) in [5.41, 5.74) is -0.475. The van der Waals surface area contributed by atoms with Gasteiger partial charge in [0.25, 0.3) is 0 Å². The fraction of sp³-hybridized carbons (Fsp3) is 0.789. The zero-order valence-electron chi connectivity index (χ0n) is 15.6. The first-order valence-corrected chi connectivity index (χ1v) is 9.38. The zero-order chi connectivity index (χ0) is 17.7. The molecule has 0 radical (unpaired) electrons. The third-order valence-corrected chi connectivity index (χ3v) is 5.85. The van der Waals surface area contributed by atoms with Crippen molar-refractivity contribution >= 4 is 11.8 Å². The van der Waals surface area contributed by atoms with Crippen LogP contribution < -0.4 is 0 Å². The van der Waals surface area contributed by atoms with Crippen molar-refractivity contribution in [2.75, 3.05) is 39.3 Å². The summed E-state index contributed by atoms with van der Waals surface area (Å²) < 4.78 is 0. The molecule has 0 N–H and O–H groups in total. The van der Waals surface area contributed by atoms with Crippen molar-refractivity contribution in [3.63, 3.8) is 0 Å². The summed E-state index contributed by atoms with van der Waals surface area (Å²) in [6.07, 6.45) is 6.01. The van der Waals surface area contributed by atoms with E-state index in [2.05, 4.69) is 11.5 Å². The first-order chi connectivity index (χ1) is 11.4. The van der Waals surface area contributed by atoms with Gasteiger partial charge >= 0.3 is 0 Å². The molecule has 2 fully saturated rings. The van der Waals surface area contributed by atoms with E-state index in [0.29, 0.717) is 13.1 Å². The lowest BCUT2D eigenvalue weighted by atomic mass is 9.86. The first kappa shape index (κ1) is 19.0. The van der Waals surface area contributed by atoms with Gasteiger partial charge in [0.15, 0.2) is 0 Å². The highest BCUT2D eigenvalue weighted by Gasteiger charge is 2.35. The summed E-state index contributed by atoms with van der Waals surface area (Å²) in [7, 11) is 0. The molecule has 0 aromatic heterocycles. The number of hydrogen-bond acceptors (Lipinski definition) is 3. The SMILES string of the molecule is C=C[C@](C)(CC)C(=O)N1CCN([C@@H](C)C(=O)N2CCCCC2)CC1. The summed E-state index contributed by atoms with van der Waals surface area (Å²) in [4.78, 5) is 31.5. The quantitative estimate of drug-likeness (QED) is 0.723. The topological polar surface area (TPSA) is 43.9 Å². The maximum Gasteiger partial charge on any atom is 0.239 e. The van der Waals surface area contributed by atoms with Crippen LogP contribution in [0.5, 0.6) is 0 Å². The van der Waals surface area contributed by atoms with Gasteiger partial charge in [-0.2, -0.15) is 0 Å². The van der Waals surface area contributed by atoms with Gasteiger partial charge in [0.1, 0.15) is 0 Å². The van der Waals surface area contributed by atoms with Crippen molar-refractivity contribution in [3.05, 3.63) is 12.7 Å². The average molecular weight is 335 g/mol. The third kappa shape index (κ3) is 4.00. The Bertz CT molecular complexity index is 465. The largest absolute Gasteiger partial charge is 0.341 e. The van der Waals surface area contributed by atoms with Crippen LogP contribution in [0.4, 0.5) is 0 Å². The van der Waals surface area contributed by atoms with E-state index in [1.807, 2.05) is 30.6 Å². The number of carbonyl (C=O) groups excluding carboxylic acids is 2. The molecule has 24 heavy (non-hydrogen) atoms.